The highest BCUT2D eigenvalue weighted by atomic mass is 16.4. The van der Waals surface area contributed by atoms with Crippen molar-refractivity contribution in [2.24, 2.45) is 4.99 Å². The quantitative estimate of drug-likeness (QED) is 0.683. The number of carbonyl (C=O) groups is 1. The molecule has 5 heteroatoms. The molecule has 1 fully saturated rings. The van der Waals surface area contributed by atoms with Crippen LogP contribution in [-0.2, 0) is 24.2 Å². The van der Waals surface area contributed by atoms with Gasteiger partial charge in [-0.3, -0.25) is 9.69 Å². The minimum atomic E-state index is -0.792. The van der Waals surface area contributed by atoms with Crippen LogP contribution in [0.15, 0.2) is 77.8 Å². The first-order valence-electron chi connectivity index (χ1n) is 11.2. The molecule has 2 heterocycles. The number of aliphatic imine (C=N–C) groups is 1. The van der Waals surface area contributed by atoms with Crippen LogP contribution in [0.5, 0.6) is 0 Å². The molecule has 0 radical (unpaired) electrons. The van der Waals surface area contributed by atoms with Gasteiger partial charge in [-0.25, -0.2) is 4.99 Å². The average Bonchev–Trinajstić information content (AvgIpc) is 2.97. The number of piperazine rings is 1. The highest BCUT2D eigenvalue weighted by Gasteiger charge is 2.24. The summed E-state index contributed by atoms with van der Waals surface area (Å²) in [6.45, 7) is 4.70. The van der Waals surface area contributed by atoms with Gasteiger partial charge in [0.2, 0.25) is 0 Å². The van der Waals surface area contributed by atoms with Gasteiger partial charge in [-0.2, -0.15) is 0 Å². The average molecular weight is 426 g/mol. The number of fused-ring (bicyclic) bond motifs is 2. The molecule has 5 nitrogen and oxygen atoms in total. The zero-order chi connectivity index (χ0) is 21.9. The Balaban J connectivity index is 1.29. The summed E-state index contributed by atoms with van der Waals surface area (Å²) in [7, 11) is 0. The van der Waals surface area contributed by atoms with Gasteiger partial charge in [0, 0.05) is 44.7 Å². The minimum absolute atomic E-state index is 0.0751. The maximum atomic E-state index is 10.9. The molecular formula is C27H27N3O2. The van der Waals surface area contributed by atoms with Crippen molar-refractivity contribution >= 4 is 17.5 Å². The highest BCUT2D eigenvalue weighted by molar-refractivity contribution is 6.02. The number of aliphatic carboxylic acids is 1. The normalized spacial score (nSPS) is 16.0. The molecule has 1 N–H and O–H groups in total. The van der Waals surface area contributed by atoms with Crippen LogP contribution in [0.3, 0.4) is 0 Å². The number of benzene rings is 3. The Morgan fingerprint density at radius 3 is 2.22 bits per heavy atom. The van der Waals surface area contributed by atoms with Gasteiger partial charge in [-0.15, -0.1) is 0 Å². The molecule has 0 unspecified atom stereocenters. The molecule has 2 aliphatic rings. The van der Waals surface area contributed by atoms with Gasteiger partial charge >= 0.3 is 5.97 Å². The fraction of sp³-hybridized carbons (Fsp3) is 0.259. The molecule has 5 rings (SSSR count). The van der Waals surface area contributed by atoms with Gasteiger partial charge in [-0.1, -0.05) is 66.7 Å². The maximum Gasteiger partial charge on any atom is 0.307 e. The SMILES string of the molecule is O=C(O)Cc1ccc(CN2CCN(C3=Nc4ccccc4Cc4ccccc43)CC2)cc1. The van der Waals surface area contributed by atoms with Crippen molar-refractivity contribution in [1.29, 1.82) is 0 Å². The van der Waals surface area contributed by atoms with Crippen LogP contribution in [0, 0.1) is 0 Å². The van der Waals surface area contributed by atoms with E-state index in [-0.39, 0.29) is 6.42 Å². The van der Waals surface area contributed by atoms with Crippen molar-refractivity contribution < 1.29 is 9.90 Å². The smallest absolute Gasteiger partial charge is 0.307 e. The summed E-state index contributed by atoms with van der Waals surface area (Å²) in [6.07, 6.45) is 0.989. The highest BCUT2D eigenvalue weighted by Crippen LogP contribution is 2.29. The Bertz CT molecular complexity index is 1150. The van der Waals surface area contributed by atoms with Crippen molar-refractivity contribution in [2.45, 2.75) is 19.4 Å². The van der Waals surface area contributed by atoms with Crippen LogP contribution in [-0.4, -0.2) is 52.9 Å². The molecule has 0 aromatic heterocycles. The van der Waals surface area contributed by atoms with Crippen molar-refractivity contribution in [3.05, 3.63) is 101 Å². The summed E-state index contributed by atoms with van der Waals surface area (Å²) in [6, 6.07) is 25.0. The van der Waals surface area contributed by atoms with Crippen molar-refractivity contribution in [3.8, 4) is 0 Å². The van der Waals surface area contributed by atoms with Crippen LogP contribution in [0.1, 0.15) is 27.8 Å². The first-order chi connectivity index (χ1) is 15.7. The molecule has 1 saturated heterocycles. The summed E-state index contributed by atoms with van der Waals surface area (Å²) in [4.78, 5) is 20.9. The molecule has 0 atom stereocenters. The van der Waals surface area contributed by atoms with Crippen LogP contribution in [0.2, 0.25) is 0 Å². The molecule has 32 heavy (non-hydrogen) atoms. The van der Waals surface area contributed by atoms with E-state index in [4.69, 9.17) is 10.1 Å². The number of hydrogen-bond acceptors (Lipinski definition) is 4. The lowest BCUT2D eigenvalue weighted by Gasteiger charge is -2.36. The molecule has 0 aliphatic carbocycles. The molecule has 0 amide bonds. The van der Waals surface area contributed by atoms with Gasteiger partial charge in [0.05, 0.1) is 12.1 Å². The number of hydrogen-bond donors (Lipinski definition) is 1. The molecule has 0 saturated carbocycles. The second kappa shape index (κ2) is 8.97. The van der Waals surface area contributed by atoms with Crippen LogP contribution in [0.4, 0.5) is 5.69 Å². The Kier molecular flexibility index (Phi) is 5.73. The van der Waals surface area contributed by atoms with Gasteiger partial charge in [-0.05, 0) is 28.3 Å². The second-order valence-electron chi connectivity index (χ2n) is 8.55. The fourth-order valence-electron chi connectivity index (χ4n) is 4.60. The van der Waals surface area contributed by atoms with Crippen LogP contribution < -0.4 is 0 Å². The second-order valence-corrected chi connectivity index (χ2v) is 8.55. The van der Waals surface area contributed by atoms with E-state index in [1.54, 1.807) is 0 Å². The van der Waals surface area contributed by atoms with E-state index in [1.165, 1.54) is 22.3 Å². The first kappa shape index (κ1) is 20.5. The summed E-state index contributed by atoms with van der Waals surface area (Å²) >= 11 is 0. The standard InChI is InChI=1S/C27H27N3O2/c31-26(32)17-20-9-11-21(12-10-20)19-29-13-15-30(16-14-29)27-24-7-3-1-5-22(24)18-23-6-2-4-8-25(23)28-27/h1-12H,13-19H2,(H,31,32). The van der Waals surface area contributed by atoms with Crippen molar-refractivity contribution in [3.63, 3.8) is 0 Å². The Morgan fingerprint density at radius 1 is 0.812 bits per heavy atom. The zero-order valence-electron chi connectivity index (χ0n) is 18.1. The molecule has 3 aromatic carbocycles. The number of amidine groups is 1. The monoisotopic (exact) mass is 425 g/mol. The lowest BCUT2D eigenvalue weighted by atomic mass is 9.99. The van der Waals surface area contributed by atoms with Crippen LogP contribution in [0.25, 0.3) is 0 Å². The van der Waals surface area contributed by atoms with Gasteiger partial charge in [0.1, 0.15) is 5.84 Å². The molecule has 162 valence electrons. The summed E-state index contributed by atoms with van der Waals surface area (Å²) < 4.78 is 0. The topological polar surface area (TPSA) is 56.1 Å². The van der Waals surface area contributed by atoms with Crippen molar-refractivity contribution in [2.75, 3.05) is 26.2 Å². The Morgan fingerprint density at radius 2 is 1.47 bits per heavy atom. The largest absolute Gasteiger partial charge is 0.481 e. The number of nitrogens with zero attached hydrogens (tertiary/aromatic N) is 3. The first-order valence-corrected chi connectivity index (χ1v) is 11.2. The maximum absolute atomic E-state index is 10.9. The lowest BCUT2D eigenvalue weighted by molar-refractivity contribution is -0.136. The van der Waals surface area contributed by atoms with E-state index in [0.717, 1.165) is 56.2 Å². The van der Waals surface area contributed by atoms with Crippen LogP contribution >= 0.6 is 0 Å². The number of carboxylic acids is 1. The summed E-state index contributed by atoms with van der Waals surface area (Å²) in [5, 5.41) is 8.94. The third-order valence-corrected chi connectivity index (χ3v) is 6.31. The predicted molar refractivity (Wildman–Crippen MR) is 127 cm³/mol. The number of rotatable bonds is 4. The Labute approximate surface area is 188 Å². The number of carboxylic acid groups (broad SMARTS) is 1. The Hall–Kier alpha value is -3.44. The van der Waals surface area contributed by atoms with E-state index in [1.807, 2.05) is 24.3 Å². The van der Waals surface area contributed by atoms with Gasteiger partial charge in [0.25, 0.3) is 0 Å². The fourth-order valence-corrected chi connectivity index (χ4v) is 4.60. The third kappa shape index (κ3) is 4.43. The molecule has 2 aliphatic heterocycles. The van der Waals surface area contributed by atoms with E-state index < -0.39 is 5.97 Å². The summed E-state index contributed by atoms with van der Waals surface area (Å²) in [5.41, 5.74) is 6.99. The molecular weight excluding hydrogens is 398 g/mol. The van der Waals surface area contributed by atoms with Crippen molar-refractivity contribution in [1.82, 2.24) is 9.80 Å². The third-order valence-electron chi connectivity index (χ3n) is 6.31. The summed E-state index contributed by atoms with van der Waals surface area (Å²) in [5.74, 6) is 0.294. The molecule has 0 bridgehead atoms. The van der Waals surface area contributed by atoms with E-state index in [0.29, 0.717) is 0 Å². The number of para-hydroxylation sites is 1. The van der Waals surface area contributed by atoms with E-state index in [2.05, 4.69) is 58.3 Å². The lowest BCUT2D eigenvalue weighted by Crippen LogP contribution is -2.48. The van der Waals surface area contributed by atoms with Gasteiger partial charge in [0.15, 0.2) is 0 Å². The molecule has 0 spiro atoms. The van der Waals surface area contributed by atoms with Gasteiger partial charge < -0.3 is 10.0 Å². The minimum Gasteiger partial charge on any atom is -0.481 e. The zero-order valence-corrected chi connectivity index (χ0v) is 18.1. The van der Waals surface area contributed by atoms with E-state index >= 15 is 0 Å². The predicted octanol–water partition coefficient (Wildman–Crippen LogP) is 4.11. The van der Waals surface area contributed by atoms with E-state index in [9.17, 15) is 4.79 Å². The molecule has 3 aromatic rings.